The van der Waals surface area contributed by atoms with Gasteiger partial charge in [-0.05, 0) is 48.9 Å². The van der Waals surface area contributed by atoms with Crippen molar-refractivity contribution in [2.24, 2.45) is 0 Å². The largest absolute Gasteiger partial charge is 0.493 e. The lowest BCUT2D eigenvalue weighted by Crippen LogP contribution is -2.21. The summed E-state index contributed by atoms with van der Waals surface area (Å²) in [6.07, 6.45) is 0.0482. The van der Waals surface area contributed by atoms with E-state index in [4.69, 9.17) is 9.47 Å². The molecule has 2 aromatic carbocycles. The molecule has 7 heteroatoms. The molecule has 0 spiro atoms. The van der Waals surface area contributed by atoms with Gasteiger partial charge in [-0.3, -0.25) is 14.4 Å². The number of hydrogen-bond acceptors (Lipinski definition) is 5. The van der Waals surface area contributed by atoms with Gasteiger partial charge in [0.2, 0.25) is 5.91 Å². The smallest absolute Gasteiger partial charge is 0.309 e. The summed E-state index contributed by atoms with van der Waals surface area (Å²) >= 11 is 0. The Morgan fingerprint density at radius 1 is 0.963 bits per heavy atom. The Labute approximate surface area is 157 Å². The Morgan fingerprint density at radius 2 is 1.63 bits per heavy atom. The fourth-order valence-corrected chi connectivity index (χ4v) is 2.21. The summed E-state index contributed by atoms with van der Waals surface area (Å²) in [5.41, 5.74) is 2.23. The van der Waals surface area contributed by atoms with Gasteiger partial charge in [-0.15, -0.1) is 0 Å². The number of esters is 1. The van der Waals surface area contributed by atoms with Crippen molar-refractivity contribution in [3.05, 3.63) is 54.1 Å². The fourth-order valence-electron chi connectivity index (χ4n) is 2.21. The van der Waals surface area contributed by atoms with Gasteiger partial charge in [-0.1, -0.05) is 12.1 Å². The van der Waals surface area contributed by atoms with Crippen LogP contribution in [0.5, 0.6) is 5.75 Å². The molecule has 0 radical (unpaired) electrons. The first-order valence-corrected chi connectivity index (χ1v) is 8.45. The first-order valence-electron chi connectivity index (χ1n) is 8.45. The zero-order valence-electron chi connectivity index (χ0n) is 15.3. The van der Waals surface area contributed by atoms with Gasteiger partial charge in [0.25, 0.3) is 5.91 Å². The summed E-state index contributed by atoms with van der Waals surface area (Å²) in [5.74, 6) is -0.456. The third-order valence-corrected chi connectivity index (χ3v) is 3.42. The molecular weight excluding hydrogens is 348 g/mol. The second-order valence-corrected chi connectivity index (χ2v) is 5.88. The predicted octanol–water partition coefficient (Wildman–Crippen LogP) is 2.90. The first kappa shape index (κ1) is 20.0. The minimum Gasteiger partial charge on any atom is -0.493 e. The molecule has 0 bridgehead atoms. The van der Waals surface area contributed by atoms with E-state index in [1.54, 1.807) is 24.3 Å². The van der Waals surface area contributed by atoms with Gasteiger partial charge in [-0.2, -0.15) is 0 Å². The van der Waals surface area contributed by atoms with Crippen molar-refractivity contribution in [2.45, 2.75) is 20.3 Å². The van der Waals surface area contributed by atoms with Crippen molar-refractivity contribution in [3.63, 3.8) is 0 Å². The molecule has 0 atom stereocenters. The number of hydrogen-bond donors (Lipinski definition) is 2. The quantitative estimate of drug-likeness (QED) is 0.697. The number of rotatable bonds is 8. The van der Waals surface area contributed by atoms with Crippen LogP contribution in [0.25, 0.3) is 0 Å². The minimum atomic E-state index is -0.515. The molecule has 0 saturated carbocycles. The van der Waals surface area contributed by atoms with E-state index in [1.807, 2.05) is 31.2 Å². The summed E-state index contributed by atoms with van der Waals surface area (Å²) in [6, 6.07) is 14.1. The van der Waals surface area contributed by atoms with E-state index in [9.17, 15) is 14.4 Å². The Morgan fingerprint density at radius 3 is 2.26 bits per heavy atom. The highest BCUT2D eigenvalue weighted by molar-refractivity contribution is 5.93. The number of anilines is 2. The minimum absolute atomic E-state index is 0.0482. The predicted molar refractivity (Wildman–Crippen MR) is 102 cm³/mol. The summed E-state index contributed by atoms with van der Waals surface area (Å²) in [7, 11) is 0. The molecular formula is C20H22N2O5. The van der Waals surface area contributed by atoms with E-state index in [-0.39, 0.29) is 25.5 Å². The summed E-state index contributed by atoms with van der Waals surface area (Å²) < 4.78 is 10.4. The topological polar surface area (TPSA) is 93.7 Å². The normalized spacial score (nSPS) is 10.0. The van der Waals surface area contributed by atoms with Gasteiger partial charge in [-0.25, -0.2) is 0 Å². The third kappa shape index (κ3) is 7.60. The number of benzene rings is 2. The van der Waals surface area contributed by atoms with Crippen molar-refractivity contribution in [3.8, 4) is 5.75 Å². The molecule has 0 aliphatic rings. The van der Waals surface area contributed by atoms with Gasteiger partial charge < -0.3 is 20.1 Å². The second kappa shape index (κ2) is 9.96. The number of ether oxygens (including phenoxy) is 2. The molecule has 142 valence electrons. The van der Waals surface area contributed by atoms with Gasteiger partial charge in [0.1, 0.15) is 5.75 Å². The fraction of sp³-hybridized carbons (Fsp3) is 0.250. The van der Waals surface area contributed by atoms with Crippen LogP contribution in [0.4, 0.5) is 11.4 Å². The Bertz CT molecular complexity index is 802. The zero-order chi connectivity index (χ0) is 19.6. The molecule has 7 nitrogen and oxygen atoms in total. The highest BCUT2D eigenvalue weighted by atomic mass is 16.5. The Hall–Kier alpha value is -3.35. The van der Waals surface area contributed by atoms with Crippen LogP contribution < -0.4 is 15.4 Å². The van der Waals surface area contributed by atoms with Crippen LogP contribution in [0.3, 0.4) is 0 Å². The number of amides is 2. The maximum Gasteiger partial charge on any atom is 0.309 e. The maximum absolute atomic E-state index is 11.8. The van der Waals surface area contributed by atoms with Crippen LogP contribution in [0.1, 0.15) is 18.9 Å². The monoisotopic (exact) mass is 370 g/mol. The summed E-state index contributed by atoms with van der Waals surface area (Å²) in [6.45, 7) is 3.16. The number of carbonyl (C=O) groups excluding carboxylic acids is 3. The molecule has 0 aliphatic heterocycles. The third-order valence-electron chi connectivity index (χ3n) is 3.42. The molecule has 0 aromatic heterocycles. The average Bonchev–Trinajstić information content (AvgIpc) is 2.61. The van der Waals surface area contributed by atoms with Crippen LogP contribution in [0.15, 0.2) is 48.5 Å². The highest BCUT2D eigenvalue weighted by Crippen LogP contribution is 2.14. The van der Waals surface area contributed by atoms with Crippen molar-refractivity contribution < 1.29 is 23.9 Å². The maximum atomic E-state index is 11.8. The van der Waals surface area contributed by atoms with Crippen molar-refractivity contribution >= 4 is 29.2 Å². The molecule has 0 fully saturated rings. The van der Waals surface area contributed by atoms with Crippen molar-refractivity contribution in [1.29, 1.82) is 0 Å². The molecule has 27 heavy (non-hydrogen) atoms. The number of nitrogens with one attached hydrogen (secondary N) is 2. The number of carbonyl (C=O) groups is 3. The van der Waals surface area contributed by atoms with Gasteiger partial charge >= 0.3 is 5.97 Å². The molecule has 2 aromatic rings. The van der Waals surface area contributed by atoms with Gasteiger partial charge in [0, 0.05) is 18.3 Å². The van der Waals surface area contributed by atoms with E-state index in [0.717, 1.165) is 5.56 Å². The second-order valence-electron chi connectivity index (χ2n) is 5.88. The Balaban J connectivity index is 1.67. The summed E-state index contributed by atoms with van der Waals surface area (Å²) in [5, 5.41) is 5.23. The van der Waals surface area contributed by atoms with E-state index in [1.165, 1.54) is 6.92 Å². The van der Waals surface area contributed by atoms with E-state index in [2.05, 4.69) is 10.6 Å². The standard InChI is InChI=1S/C20H22N2O5/c1-14-4-3-5-18(12-14)26-11-10-20(25)27-13-19(24)22-17-8-6-16(7-9-17)21-15(2)23/h3-9,12H,10-11,13H2,1-2H3,(H,21,23)(H,22,24). The van der Waals surface area contributed by atoms with Gasteiger partial charge in [0.15, 0.2) is 6.61 Å². The van der Waals surface area contributed by atoms with Crippen molar-refractivity contribution in [2.75, 3.05) is 23.8 Å². The lowest BCUT2D eigenvalue weighted by atomic mass is 10.2. The Kier molecular flexibility index (Phi) is 7.37. The van der Waals surface area contributed by atoms with E-state index < -0.39 is 11.9 Å². The lowest BCUT2D eigenvalue weighted by molar-refractivity contribution is -0.147. The van der Waals surface area contributed by atoms with Crippen LogP contribution in [0, 0.1) is 6.92 Å². The van der Waals surface area contributed by atoms with Crippen molar-refractivity contribution in [1.82, 2.24) is 0 Å². The molecule has 2 amide bonds. The van der Waals surface area contributed by atoms with E-state index >= 15 is 0 Å². The first-order chi connectivity index (χ1) is 12.9. The number of aryl methyl sites for hydroxylation is 1. The highest BCUT2D eigenvalue weighted by Gasteiger charge is 2.08. The van der Waals surface area contributed by atoms with E-state index in [0.29, 0.717) is 17.1 Å². The molecule has 2 rings (SSSR count). The summed E-state index contributed by atoms with van der Waals surface area (Å²) in [4.78, 5) is 34.5. The average molecular weight is 370 g/mol. The van der Waals surface area contributed by atoms with Gasteiger partial charge in [0.05, 0.1) is 13.0 Å². The molecule has 0 saturated heterocycles. The molecule has 0 aliphatic carbocycles. The SMILES string of the molecule is CC(=O)Nc1ccc(NC(=O)COC(=O)CCOc2cccc(C)c2)cc1. The molecule has 2 N–H and O–H groups in total. The molecule has 0 heterocycles. The molecule has 0 unspecified atom stereocenters. The van der Waals surface area contributed by atoms with Crippen LogP contribution >= 0.6 is 0 Å². The zero-order valence-corrected chi connectivity index (χ0v) is 15.3. The van der Waals surface area contributed by atoms with Crippen LogP contribution in [0.2, 0.25) is 0 Å². The lowest BCUT2D eigenvalue weighted by Gasteiger charge is -2.09. The van der Waals surface area contributed by atoms with Crippen LogP contribution in [-0.4, -0.2) is 31.0 Å². The van der Waals surface area contributed by atoms with Crippen LogP contribution in [-0.2, 0) is 19.1 Å².